The molecule has 3 saturated carbocycles. The number of carbonyl (C=O) groups excluding carboxylic acids is 1. The molecule has 0 unspecified atom stereocenters. The van der Waals surface area contributed by atoms with Crippen molar-refractivity contribution in [2.24, 2.45) is 28.6 Å². The van der Waals surface area contributed by atoms with Crippen molar-refractivity contribution in [3.63, 3.8) is 0 Å². The zero-order chi connectivity index (χ0) is 26.3. The van der Waals surface area contributed by atoms with Gasteiger partial charge in [0.25, 0.3) is 0 Å². The quantitative estimate of drug-likeness (QED) is 0.316. The van der Waals surface area contributed by atoms with Gasteiger partial charge in [0.05, 0.1) is 6.26 Å². The van der Waals surface area contributed by atoms with Gasteiger partial charge in [0.1, 0.15) is 12.7 Å². The van der Waals surface area contributed by atoms with Crippen LogP contribution in [0.3, 0.4) is 0 Å². The van der Waals surface area contributed by atoms with Crippen molar-refractivity contribution in [1.82, 2.24) is 4.90 Å². The van der Waals surface area contributed by atoms with Crippen LogP contribution in [0.2, 0.25) is 0 Å². The zero-order valence-corrected chi connectivity index (χ0v) is 23.3. The number of allylic oxidation sites excluding steroid dienone is 2. The van der Waals surface area contributed by atoms with E-state index in [-0.39, 0.29) is 17.1 Å². The topological polar surface area (TPSA) is 69.0 Å². The molecule has 5 aliphatic rings. The molecule has 0 N–H and O–H groups in total. The van der Waals surface area contributed by atoms with Crippen molar-refractivity contribution in [3.05, 3.63) is 46.0 Å². The minimum atomic E-state index is -0.475. The lowest BCUT2D eigenvalue weighted by Crippen LogP contribution is -2.52. The summed E-state index contributed by atoms with van der Waals surface area (Å²) in [6, 6.07) is 3.54. The molecule has 1 aromatic rings. The Hall–Kier alpha value is -2.08. The fourth-order valence-corrected chi connectivity index (χ4v) is 9.34. The van der Waals surface area contributed by atoms with Gasteiger partial charge in [0.2, 0.25) is 0 Å². The molecular weight excluding hydrogens is 478 g/mol. The number of carbonyl (C=O) groups is 1. The van der Waals surface area contributed by atoms with Crippen molar-refractivity contribution in [3.8, 4) is 0 Å². The van der Waals surface area contributed by atoms with Gasteiger partial charge in [0.15, 0.2) is 0 Å². The molecule has 4 fully saturated rings. The highest BCUT2D eigenvalue weighted by atomic mass is 16.7. The summed E-state index contributed by atoms with van der Waals surface area (Å²) in [5, 5.41) is 0. The second-order valence-electron chi connectivity index (χ2n) is 13.3. The zero-order valence-electron chi connectivity index (χ0n) is 23.3. The lowest BCUT2D eigenvalue weighted by Gasteiger charge is -2.59. The summed E-state index contributed by atoms with van der Waals surface area (Å²) in [5.74, 6) is 2.35. The summed E-state index contributed by atoms with van der Waals surface area (Å²) in [6.45, 7) is 8.46. The lowest BCUT2D eigenvalue weighted by molar-refractivity contribution is -0.0920. The van der Waals surface area contributed by atoms with Crippen molar-refractivity contribution in [2.45, 2.75) is 96.5 Å². The molecule has 0 spiro atoms. The summed E-state index contributed by atoms with van der Waals surface area (Å²) in [4.78, 5) is 26.4. The van der Waals surface area contributed by atoms with E-state index in [0.717, 1.165) is 50.9 Å². The first kappa shape index (κ1) is 26.2. The fourth-order valence-electron chi connectivity index (χ4n) is 9.34. The standard InChI is InChI=1S/C32H45NO5/c1-31-14-12-24(38-30(35)36-19-18-33-16-4-3-5-17-33)20-23(31)7-8-25-27-10-9-26(22-6-11-29(34)37-21-22)32(27,2)15-13-28(25)31/h6,10-11,21,23-26,28H,3-5,7-9,12-20H2,1-2H3/t23-,24+,25+,26-,28+,31+,32-/m1/s1. The number of hydrogen-bond donors (Lipinski definition) is 0. The smallest absolute Gasteiger partial charge is 0.433 e. The Morgan fingerprint density at radius 1 is 1.08 bits per heavy atom. The van der Waals surface area contributed by atoms with E-state index < -0.39 is 6.16 Å². The van der Waals surface area contributed by atoms with Gasteiger partial charge in [0, 0.05) is 12.6 Å². The third kappa shape index (κ3) is 4.76. The van der Waals surface area contributed by atoms with Crippen LogP contribution >= 0.6 is 0 Å². The molecule has 7 atom stereocenters. The Morgan fingerprint density at radius 2 is 1.92 bits per heavy atom. The van der Waals surface area contributed by atoms with E-state index in [1.165, 1.54) is 44.9 Å². The van der Waals surface area contributed by atoms with Crippen LogP contribution in [-0.2, 0) is 9.47 Å². The Balaban J connectivity index is 1.05. The van der Waals surface area contributed by atoms with Crippen LogP contribution in [-0.4, -0.2) is 43.4 Å². The molecule has 2 heterocycles. The average molecular weight is 524 g/mol. The Labute approximate surface area is 227 Å². The van der Waals surface area contributed by atoms with Crippen molar-refractivity contribution in [1.29, 1.82) is 0 Å². The van der Waals surface area contributed by atoms with E-state index in [0.29, 0.717) is 35.7 Å². The van der Waals surface area contributed by atoms with Gasteiger partial charge >= 0.3 is 11.8 Å². The number of ether oxygens (including phenoxy) is 2. The normalized spacial score (nSPS) is 38.9. The molecular formula is C32H45NO5. The first-order valence-electron chi connectivity index (χ1n) is 15.2. The molecule has 1 aliphatic heterocycles. The van der Waals surface area contributed by atoms with Crippen LogP contribution in [0.1, 0.15) is 96.0 Å². The van der Waals surface area contributed by atoms with Gasteiger partial charge in [-0.2, -0.15) is 0 Å². The Kier molecular flexibility index (Phi) is 7.21. The Bertz CT molecular complexity index is 1080. The predicted octanol–water partition coefficient (Wildman–Crippen LogP) is 6.69. The Morgan fingerprint density at radius 3 is 2.71 bits per heavy atom. The van der Waals surface area contributed by atoms with Gasteiger partial charge in [-0.05, 0) is 123 Å². The molecule has 4 aliphatic carbocycles. The van der Waals surface area contributed by atoms with Crippen LogP contribution in [0.25, 0.3) is 0 Å². The molecule has 38 heavy (non-hydrogen) atoms. The summed E-state index contributed by atoms with van der Waals surface area (Å²) < 4.78 is 16.6. The van der Waals surface area contributed by atoms with Crippen molar-refractivity contribution in [2.75, 3.05) is 26.2 Å². The second kappa shape index (κ2) is 10.5. The monoisotopic (exact) mass is 523 g/mol. The molecule has 0 aromatic carbocycles. The molecule has 6 heteroatoms. The molecule has 0 radical (unpaired) electrons. The SMILES string of the molecule is C[C@]12CC[C@H](OC(=O)OCCN3CCCCC3)C[C@H]1CC[C@H]1C3=CC[C@H](c4ccc(=O)oc4)[C@@]3(C)CC[C@@H]12. The van der Waals surface area contributed by atoms with E-state index >= 15 is 0 Å². The van der Waals surface area contributed by atoms with E-state index in [2.05, 4.69) is 24.8 Å². The number of likely N-dealkylation sites (tertiary alicyclic amines) is 1. The maximum atomic E-state index is 12.5. The number of nitrogens with zero attached hydrogens (tertiary/aromatic N) is 1. The predicted molar refractivity (Wildman–Crippen MR) is 146 cm³/mol. The summed E-state index contributed by atoms with van der Waals surface area (Å²) in [7, 11) is 0. The van der Waals surface area contributed by atoms with E-state index in [9.17, 15) is 9.59 Å². The van der Waals surface area contributed by atoms with Gasteiger partial charge in [-0.1, -0.05) is 31.9 Å². The van der Waals surface area contributed by atoms with E-state index in [1.807, 2.05) is 6.07 Å². The summed E-state index contributed by atoms with van der Waals surface area (Å²) in [5.41, 5.74) is 3.02. The molecule has 1 saturated heterocycles. The second-order valence-corrected chi connectivity index (χ2v) is 13.3. The minimum Gasteiger partial charge on any atom is -0.433 e. The van der Waals surface area contributed by atoms with Crippen LogP contribution in [0.4, 0.5) is 4.79 Å². The first-order chi connectivity index (χ1) is 18.4. The summed E-state index contributed by atoms with van der Waals surface area (Å²) in [6.07, 6.45) is 16.5. The average Bonchev–Trinajstić information content (AvgIpc) is 3.27. The lowest BCUT2D eigenvalue weighted by atomic mass is 9.46. The highest BCUT2D eigenvalue weighted by molar-refractivity contribution is 5.60. The molecule has 1 aromatic heterocycles. The van der Waals surface area contributed by atoms with Crippen LogP contribution in [0.15, 0.2) is 39.3 Å². The van der Waals surface area contributed by atoms with Crippen LogP contribution in [0.5, 0.6) is 0 Å². The minimum absolute atomic E-state index is 0.0104. The number of fused-ring (bicyclic) bond motifs is 5. The van der Waals surface area contributed by atoms with Gasteiger partial charge in [-0.25, -0.2) is 9.59 Å². The number of rotatable bonds is 5. The summed E-state index contributed by atoms with van der Waals surface area (Å²) >= 11 is 0. The van der Waals surface area contributed by atoms with E-state index in [1.54, 1.807) is 17.9 Å². The molecule has 0 bridgehead atoms. The largest absolute Gasteiger partial charge is 0.508 e. The maximum Gasteiger partial charge on any atom is 0.508 e. The van der Waals surface area contributed by atoms with Crippen molar-refractivity contribution < 1.29 is 18.7 Å². The molecule has 208 valence electrons. The maximum absolute atomic E-state index is 12.5. The van der Waals surface area contributed by atoms with Crippen LogP contribution in [0, 0.1) is 28.6 Å². The molecule has 0 amide bonds. The van der Waals surface area contributed by atoms with E-state index in [4.69, 9.17) is 13.9 Å². The first-order valence-corrected chi connectivity index (χ1v) is 15.2. The number of piperidine rings is 1. The van der Waals surface area contributed by atoms with Gasteiger partial charge in [-0.15, -0.1) is 0 Å². The number of hydrogen-bond acceptors (Lipinski definition) is 6. The molecule has 6 nitrogen and oxygen atoms in total. The third-order valence-electron chi connectivity index (χ3n) is 11.5. The highest BCUT2D eigenvalue weighted by Crippen LogP contribution is 2.67. The van der Waals surface area contributed by atoms with Crippen molar-refractivity contribution >= 4 is 6.16 Å². The van der Waals surface area contributed by atoms with Gasteiger partial charge < -0.3 is 13.9 Å². The fraction of sp³-hybridized carbons (Fsp3) is 0.750. The molecule has 6 rings (SSSR count). The van der Waals surface area contributed by atoms with Gasteiger partial charge in [-0.3, -0.25) is 4.90 Å². The van der Waals surface area contributed by atoms with Crippen LogP contribution < -0.4 is 5.63 Å². The third-order valence-corrected chi connectivity index (χ3v) is 11.5. The highest BCUT2D eigenvalue weighted by Gasteiger charge is 2.58.